The number of hydrogen-bond acceptors (Lipinski definition) is 4. The maximum atomic E-state index is 11.3. The van der Waals surface area contributed by atoms with Crippen LogP contribution in [0.4, 0.5) is 5.82 Å². The zero-order valence-electron chi connectivity index (χ0n) is 11.3. The van der Waals surface area contributed by atoms with Crippen LogP contribution in [0.15, 0.2) is 48.5 Å². The first kappa shape index (κ1) is 14.6. The molecular formula is C16H15N3O2. The molecule has 0 spiro atoms. The van der Waals surface area contributed by atoms with E-state index in [-0.39, 0.29) is 0 Å². The van der Waals surface area contributed by atoms with Crippen molar-refractivity contribution in [1.82, 2.24) is 10.4 Å². The van der Waals surface area contributed by atoms with E-state index < -0.39 is 12.0 Å². The maximum absolute atomic E-state index is 11.3. The van der Waals surface area contributed by atoms with Crippen LogP contribution in [0.2, 0.25) is 0 Å². The fourth-order valence-corrected chi connectivity index (χ4v) is 1.80. The van der Waals surface area contributed by atoms with Gasteiger partial charge in [-0.2, -0.15) is 0 Å². The van der Waals surface area contributed by atoms with Gasteiger partial charge in [0.15, 0.2) is 0 Å². The van der Waals surface area contributed by atoms with Crippen LogP contribution in [0.5, 0.6) is 0 Å². The average molecular weight is 281 g/mol. The van der Waals surface area contributed by atoms with E-state index in [4.69, 9.17) is 6.42 Å². The number of aromatic nitrogens is 1. The van der Waals surface area contributed by atoms with Crippen molar-refractivity contribution < 1.29 is 9.90 Å². The number of benzene rings is 1. The fourth-order valence-electron chi connectivity index (χ4n) is 1.80. The van der Waals surface area contributed by atoms with Gasteiger partial charge in [-0.3, -0.25) is 4.79 Å². The Morgan fingerprint density at radius 1 is 1.24 bits per heavy atom. The highest BCUT2D eigenvalue weighted by atomic mass is 16.4. The van der Waals surface area contributed by atoms with Gasteiger partial charge in [0, 0.05) is 6.42 Å². The summed E-state index contributed by atoms with van der Waals surface area (Å²) in [5.41, 5.74) is 6.96. The Labute approximate surface area is 123 Å². The van der Waals surface area contributed by atoms with E-state index in [0.717, 1.165) is 5.56 Å². The third-order valence-corrected chi connectivity index (χ3v) is 2.85. The minimum atomic E-state index is -0.945. The first-order valence-corrected chi connectivity index (χ1v) is 6.41. The van der Waals surface area contributed by atoms with Gasteiger partial charge in [0.05, 0.1) is 0 Å². The SMILES string of the molecule is C#Cc1cccc(NN[C@H](Cc2ccccc2)C(=O)O)n1. The van der Waals surface area contributed by atoms with Crippen molar-refractivity contribution >= 4 is 11.8 Å². The van der Waals surface area contributed by atoms with Gasteiger partial charge in [-0.15, -0.1) is 6.42 Å². The van der Waals surface area contributed by atoms with E-state index in [1.54, 1.807) is 18.2 Å². The van der Waals surface area contributed by atoms with Gasteiger partial charge >= 0.3 is 5.97 Å². The van der Waals surface area contributed by atoms with Crippen LogP contribution >= 0.6 is 0 Å². The van der Waals surface area contributed by atoms with Gasteiger partial charge in [0.25, 0.3) is 0 Å². The van der Waals surface area contributed by atoms with Crippen LogP contribution in [0.25, 0.3) is 0 Å². The maximum Gasteiger partial charge on any atom is 0.322 e. The summed E-state index contributed by atoms with van der Waals surface area (Å²) in [5, 5.41) is 9.26. The van der Waals surface area contributed by atoms with Crippen molar-refractivity contribution in [3.63, 3.8) is 0 Å². The lowest BCUT2D eigenvalue weighted by Crippen LogP contribution is -2.42. The number of nitrogens with one attached hydrogen (secondary N) is 2. The standard InChI is InChI=1S/C16H15N3O2/c1-2-13-9-6-10-15(17-13)19-18-14(16(20)21)11-12-7-4-3-5-8-12/h1,3-10,14,18H,11H2,(H,17,19)(H,20,21)/t14-/m1/s1. The molecule has 3 N–H and O–H groups in total. The summed E-state index contributed by atoms with van der Waals surface area (Å²) in [4.78, 5) is 15.4. The predicted octanol–water partition coefficient (Wildman–Crippen LogP) is 1.68. The summed E-state index contributed by atoms with van der Waals surface area (Å²) in [6.45, 7) is 0. The Balaban J connectivity index is 2.00. The number of carbonyl (C=O) groups is 1. The van der Waals surface area contributed by atoms with Crippen LogP contribution in [0.3, 0.4) is 0 Å². The Hall–Kier alpha value is -2.84. The van der Waals surface area contributed by atoms with Gasteiger partial charge in [-0.1, -0.05) is 42.3 Å². The van der Waals surface area contributed by atoms with Crippen molar-refractivity contribution in [3.05, 3.63) is 59.8 Å². The molecule has 0 aliphatic carbocycles. The number of anilines is 1. The van der Waals surface area contributed by atoms with Crippen LogP contribution in [0, 0.1) is 12.3 Å². The molecule has 1 atom stereocenters. The molecule has 5 heteroatoms. The summed E-state index contributed by atoms with van der Waals surface area (Å²) in [6, 6.07) is 13.8. The smallest absolute Gasteiger partial charge is 0.322 e. The summed E-state index contributed by atoms with van der Waals surface area (Å²) in [7, 11) is 0. The zero-order valence-corrected chi connectivity index (χ0v) is 11.3. The van der Waals surface area contributed by atoms with E-state index in [1.165, 1.54) is 0 Å². The van der Waals surface area contributed by atoms with Gasteiger partial charge < -0.3 is 10.5 Å². The molecule has 0 saturated carbocycles. The fraction of sp³-hybridized carbons (Fsp3) is 0.125. The number of aliphatic carboxylic acids is 1. The summed E-state index contributed by atoms with van der Waals surface area (Å²) >= 11 is 0. The minimum absolute atomic E-state index is 0.359. The summed E-state index contributed by atoms with van der Waals surface area (Å²) < 4.78 is 0. The summed E-state index contributed by atoms with van der Waals surface area (Å²) in [6.07, 6.45) is 5.63. The molecule has 106 valence electrons. The number of pyridine rings is 1. The average Bonchev–Trinajstić information content (AvgIpc) is 2.52. The van der Waals surface area contributed by atoms with Crippen molar-refractivity contribution in [1.29, 1.82) is 0 Å². The molecule has 1 aromatic carbocycles. The van der Waals surface area contributed by atoms with Crippen molar-refractivity contribution in [2.24, 2.45) is 0 Å². The molecule has 21 heavy (non-hydrogen) atoms. The molecule has 0 unspecified atom stereocenters. The number of rotatable bonds is 6. The Bertz CT molecular complexity index is 650. The molecule has 0 saturated heterocycles. The number of hydrazine groups is 1. The molecule has 5 nitrogen and oxygen atoms in total. The Morgan fingerprint density at radius 2 is 2.00 bits per heavy atom. The molecule has 2 rings (SSSR count). The first-order chi connectivity index (χ1) is 10.2. The zero-order chi connectivity index (χ0) is 15.1. The number of terminal acetylenes is 1. The van der Waals surface area contributed by atoms with Crippen molar-refractivity contribution in [2.75, 3.05) is 5.43 Å². The van der Waals surface area contributed by atoms with Crippen LogP contribution in [0.1, 0.15) is 11.3 Å². The topological polar surface area (TPSA) is 74.2 Å². The molecule has 0 amide bonds. The van der Waals surface area contributed by atoms with Crippen LogP contribution in [-0.4, -0.2) is 22.1 Å². The molecule has 0 radical (unpaired) electrons. The lowest BCUT2D eigenvalue weighted by Gasteiger charge is -2.15. The van der Waals surface area contributed by atoms with Gasteiger partial charge in [-0.25, -0.2) is 10.4 Å². The highest BCUT2D eigenvalue weighted by Crippen LogP contribution is 2.06. The quantitative estimate of drug-likeness (QED) is 0.555. The minimum Gasteiger partial charge on any atom is -0.480 e. The second-order valence-electron chi connectivity index (χ2n) is 4.40. The van der Waals surface area contributed by atoms with Crippen LogP contribution < -0.4 is 10.9 Å². The molecule has 0 aliphatic heterocycles. The first-order valence-electron chi connectivity index (χ1n) is 6.41. The Morgan fingerprint density at radius 3 is 2.67 bits per heavy atom. The van der Waals surface area contributed by atoms with E-state index in [1.807, 2.05) is 30.3 Å². The lowest BCUT2D eigenvalue weighted by molar-refractivity contribution is -0.139. The number of carboxylic acid groups (broad SMARTS) is 1. The van der Waals surface area contributed by atoms with Gasteiger partial charge in [-0.05, 0) is 17.7 Å². The van der Waals surface area contributed by atoms with Crippen molar-refractivity contribution in [2.45, 2.75) is 12.5 Å². The second kappa shape index (κ2) is 7.08. The highest BCUT2D eigenvalue weighted by Gasteiger charge is 2.17. The monoisotopic (exact) mass is 281 g/mol. The third kappa shape index (κ3) is 4.34. The van der Waals surface area contributed by atoms with E-state index >= 15 is 0 Å². The number of hydrogen-bond donors (Lipinski definition) is 3. The second-order valence-corrected chi connectivity index (χ2v) is 4.40. The van der Waals surface area contributed by atoms with Crippen molar-refractivity contribution in [3.8, 4) is 12.3 Å². The molecule has 1 aromatic heterocycles. The van der Waals surface area contributed by atoms with E-state index in [9.17, 15) is 9.90 Å². The molecule has 0 aliphatic rings. The molecular weight excluding hydrogens is 266 g/mol. The molecule has 0 bridgehead atoms. The van der Waals surface area contributed by atoms with Crippen LogP contribution in [-0.2, 0) is 11.2 Å². The van der Waals surface area contributed by atoms with E-state index in [0.29, 0.717) is 17.9 Å². The molecule has 0 fully saturated rings. The number of nitrogens with zero attached hydrogens (tertiary/aromatic N) is 1. The Kier molecular flexibility index (Phi) is 4.91. The largest absolute Gasteiger partial charge is 0.480 e. The third-order valence-electron chi connectivity index (χ3n) is 2.85. The molecule has 1 heterocycles. The van der Waals surface area contributed by atoms with E-state index in [2.05, 4.69) is 21.8 Å². The predicted molar refractivity (Wildman–Crippen MR) is 80.5 cm³/mol. The van der Waals surface area contributed by atoms with Gasteiger partial charge in [0.1, 0.15) is 17.6 Å². The normalized spacial score (nSPS) is 11.4. The highest BCUT2D eigenvalue weighted by molar-refractivity contribution is 5.74. The molecule has 2 aromatic rings. The summed E-state index contributed by atoms with van der Waals surface area (Å²) in [5.74, 6) is 1.95. The number of carboxylic acids is 1. The lowest BCUT2D eigenvalue weighted by atomic mass is 10.1. The van der Waals surface area contributed by atoms with Gasteiger partial charge in [0.2, 0.25) is 0 Å².